The van der Waals surface area contributed by atoms with E-state index in [2.05, 4.69) is 9.62 Å². The van der Waals surface area contributed by atoms with Gasteiger partial charge in [0.15, 0.2) is 0 Å². The van der Waals surface area contributed by atoms with Crippen LogP contribution in [-0.4, -0.2) is 51.0 Å². The predicted octanol–water partition coefficient (Wildman–Crippen LogP) is 0.472. The number of nitrogens with one attached hydrogen (secondary N) is 1. The topological polar surface area (TPSA) is 75.4 Å². The summed E-state index contributed by atoms with van der Waals surface area (Å²) in [6, 6.07) is 6.77. The van der Waals surface area contributed by atoms with E-state index in [-0.39, 0.29) is 4.90 Å². The summed E-state index contributed by atoms with van der Waals surface area (Å²) < 4.78 is 27.0. The van der Waals surface area contributed by atoms with Crippen molar-refractivity contribution in [2.75, 3.05) is 37.7 Å². The molecule has 0 spiro atoms. The molecule has 112 valence electrons. The molecule has 1 aliphatic rings. The first kappa shape index (κ1) is 15.8. The highest BCUT2D eigenvalue weighted by Crippen LogP contribution is 2.11. The largest absolute Gasteiger partial charge is 0.326 e. The third-order valence-electron chi connectivity index (χ3n) is 3.27. The van der Waals surface area contributed by atoms with Gasteiger partial charge in [0.2, 0.25) is 10.0 Å². The lowest BCUT2D eigenvalue weighted by atomic mass is 10.2. The molecule has 3 N–H and O–H groups in total. The highest BCUT2D eigenvalue weighted by Gasteiger charge is 2.15. The van der Waals surface area contributed by atoms with Crippen molar-refractivity contribution in [3.05, 3.63) is 29.8 Å². The van der Waals surface area contributed by atoms with Crippen LogP contribution in [0, 0.1) is 0 Å². The van der Waals surface area contributed by atoms with E-state index in [1.54, 1.807) is 18.2 Å². The van der Waals surface area contributed by atoms with Crippen LogP contribution in [0.3, 0.4) is 0 Å². The molecule has 0 aromatic heterocycles. The first-order valence-electron chi connectivity index (χ1n) is 6.70. The molecule has 7 heteroatoms. The summed E-state index contributed by atoms with van der Waals surface area (Å²) >= 11 is 1.95. The molecule has 0 amide bonds. The van der Waals surface area contributed by atoms with Gasteiger partial charge in [0, 0.05) is 44.2 Å². The Kier molecular flexibility index (Phi) is 5.86. The second-order valence-electron chi connectivity index (χ2n) is 4.70. The number of rotatable bonds is 6. The summed E-state index contributed by atoms with van der Waals surface area (Å²) in [7, 11) is -3.43. The van der Waals surface area contributed by atoms with E-state index in [9.17, 15) is 8.42 Å². The van der Waals surface area contributed by atoms with E-state index in [0.29, 0.717) is 13.1 Å². The van der Waals surface area contributed by atoms with Gasteiger partial charge in [-0.2, -0.15) is 11.8 Å². The molecule has 1 aromatic rings. The Morgan fingerprint density at radius 2 is 2.05 bits per heavy atom. The van der Waals surface area contributed by atoms with Crippen molar-refractivity contribution >= 4 is 21.8 Å². The van der Waals surface area contributed by atoms with E-state index in [1.165, 1.54) is 0 Å². The SMILES string of the molecule is NCc1cccc(S(=O)(=O)NCCN2CCSCC2)c1. The maximum Gasteiger partial charge on any atom is 0.240 e. The first-order valence-corrected chi connectivity index (χ1v) is 9.34. The number of hydrogen-bond donors (Lipinski definition) is 2. The monoisotopic (exact) mass is 315 g/mol. The normalized spacial score (nSPS) is 17.2. The maximum absolute atomic E-state index is 12.2. The number of benzene rings is 1. The fourth-order valence-corrected chi connectivity index (χ4v) is 4.16. The zero-order valence-corrected chi connectivity index (χ0v) is 13.0. The smallest absolute Gasteiger partial charge is 0.240 e. The maximum atomic E-state index is 12.2. The van der Waals surface area contributed by atoms with Crippen molar-refractivity contribution < 1.29 is 8.42 Å². The Morgan fingerprint density at radius 1 is 1.30 bits per heavy atom. The standard InChI is InChI=1S/C13H21N3O2S2/c14-11-12-2-1-3-13(10-12)20(17,18)15-4-5-16-6-8-19-9-7-16/h1-3,10,15H,4-9,11,14H2. The molecule has 0 saturated carbocycles. The molecule has 1 saturated heterocycles. The second-order valence-corrected chi connectivity index (χ2v) is 7.70. The highest BCUT2D eigenvalue weighted by molar-refractivity contribution is 7.99. The molecular formula is C13H21N3O2S2. The van der Waals surface area contributed by atoms with Crippen molar-refractivity contribution in [2.45, 2.75) is 11.4 Å². The lowest BCUT2D eigenvalue weighted by Crippen LogP contribution is -2.39. The van der Waals surface area contributed by atoms with Crippen molar-refractivity contribution in [1.29, 1.82) is 0 Å². The van der Waals surface area contributed by atoms with Crippen LogP contribution in [0.4, 0.5) is 0 Å². The van der Waals surface area contributed by atoms with Crippen LogP contribution in [-0.2, 0) is 16.6 Å². The van der Waals surface area contributed by atoms with E-state index in [0.717, 1.165) is 36.7 Å². The number of thioether (sulfide) groups is 1. The van der Waals surface area contributed by atoms with Gasteiger partial charge in [-0.05, 0) is 17.7 Å². The van der Waals surface area contributed by atoms with Gasteiger partial charge in [-0.3, -0.25) is 0 Å². The Bertz CT molecular complexity index is 528. The molecule has 1 fully saturated rings. The molecule has 0 atom stereocenters. The van der Waals surface area contributed by atoms with E-state index >= 15 is 0 Å². The molecule has 1 heterocycles. The molecule has 0 aliphatic carbocycles. The summed E-state index contributed by atoms with van der Waals surface area (Å²) in [5.41, 5.74) is 6.36. The van der Waals surface area contributed by atoms with Crippen molar-refractivity contribution in [1.82, 2.24) is 9.62 Å². The van der Waals surface area contributed by atoms with Crippen LogP contribution in [0.1, 0.15) is 5.56 Å². The Hall–Kier alpha value is -0.600. The molecule has 0 radical (unpaired) electrons. The molecule has 1 aliphatic heterocycles. The second kappa shape index (κ2) is 7.42. The van der Waals surface area contributed by atoms with Gasteiger partial charge in [-0.1, -0.05) is 12.1 Å². The third kappa shape index (κ3) is 4.46. The average Bonchev–Trinajstić information content (AvgIpc) is 2.48. The van der Waals surface area contributed by atoms with Crippen LogP contribution < -0.4 is 10.5 Å². The van der Waals surface area contributed by atoms with E-state index < -0.39 is 10.0 Å². The number of nitrogens with two attached hydrogens (primary N) is 1. The number of nitrogens with zero attached hydrogens (tertiary/aromatic N) is 1. The molecule has 0 bridgehead atoms. The van der Waals surface area contributed by atoms with E-state index in [1.807, 2.05) is 17.8 Å². The summed E-state index contributed by atoms with van der Waals surface area (Å²) in [5, 5.41) is 0. The number of sulfonamides is 1. The first-order chi connectivity index (χ1) is 9.62. The van der Waals surface area contributed by atoms with Crippen molar-refractivity contribution in [3.63, 3.8) is 0 Å². The molecule has 1 aromatic carbocycles. The van der Waals surface area contributed by atoms with Crippen LogP contribution in [0.15, 0.2) is 29.2 Å². The van der Waals surface area contributed by atoms with Crippen molar-refractivity contribution in [2.24, 2.45) is 5.73 Å². The van der Waals surface area contributed by atoms with Gasteiger partial charge in [0.1, 0.15) is 0 Å². The van der Waals surface area contributed by atoms with Gasteiger partial charge >= 0.3 is 0 Å². The summed E-state index contributed by atoms with van der Waals surface area (Å²) in [6.45, 7) is 3.62. The fourth-order valence-electron chi connectivity index (χ4n) is 2.09. The summed E-state index contributed by atoms with van der Waals surface area (Å²) in [4.78, 5) is 2.57. The fraction of sp³-hybridized carbons (Fsp3) is 0.538. The average molecular weight is 315 g/mol. The summed E-state index contributed by atoms with van der Waals surface area (Å²) in [6.07, 6.45) is 0. The number of hydrogen-bond acceptors (Lipinski definition) is 5. The quantitative estimate of drug-likeness (QED) is 0.798. The van der Waals surface area contributed by atoms with Crippen LogP contribution in [0.2, 0.25) is 0 Å². The van der Waals surface area contributed by atoms with Crippen LogP contribution in [0.5, 0.6) is 0 Å². The van der Waals surface area contributed by atoms with Crippen LogP contribution in [0.25, 0.3) is 0 Å². The highest BCUT2D eigenvalue weighted by atomic mass is 32.2. The minimum atomic E-state index is -3.43. The predicted molar refractivity (Wildman–Crippen MR) is 83.3 cm³/mol. The van der Waals surface area contributed by atoms with Gasteiger partial charge in [0.25, 0.3) is 0 Å². The molecule has 20 heavy (non-hydrogen) atoms. The van der Waals surface area contributed by atoms with Crippen molar-refractivity contribution in [3.8, 4) is 0 Å². The van der Waals surface area contributed by atoms with E-state index in [4.69, 9.17) is 5.73 Å². The van der Waals surface area contributed by atoms with Gasteiger partial charge in [0.05, 0.1) is 4.90 Å². The zero-order chi connectivity index (χ0) is 14.4. The van der Waals surface area contributed by atoms with Gasteiger partial charge in [-0.25, -0.2) is 13.1 Å². The Labute approximate surface area is 125 Å². The molecule has 2 rings (SSSR count). The van der Waals surface area contributed by atoms with Gasteiger partial charge in [-0.15, -0.1) is 0 Å². The minimum Gasteiger partial charge on any atom is -0.326 e. The third-order valence-corrected chi connectivity index (χ3v) is 5.67. The Balaban J connectivity index is 1.89. The van der Waals surface area contributed by atoms with Gasteiger partial charge < -0.3 is 10.6 Å². The summed E-state index contributed by atoms with van der Waals surface area (Å²) in [5.74, 6) is 2.26. The molecule has 5 nitrogen and oxygen atoms in total. The molecule has 0 unspecified atom stereocenters. The molecular weight excluding hydrogens is 294 g/mol. The lowest BCUT2D eigenvalue weighted by molar-refractivity contribution is 0.307. The minimum absolute atomic E-state index is 0.287. The van der Waals surface area contributed by atoms with Crippen LogP contribution >= 0.6 is 11.8 Å². The Morgan fingerprint density at radius 3 is 2.75 bits per heavy atom. The lowest BCUT2D eigenvalue weighted by Gasteiger charge is -2.25. The zero-order valence-electron chi connectivity index (χ0n) is 11.4.